The van der Waals surface area contributed by atoms with Gasteiger partial charge in [0.15, 0.2) is 12.4 Å². The largest absolute Gasteiger partial charge is 0.252 e. The fraction of sp³-hybridized carbons (Fsp3) is 0.400. The zero-order chi connectivity index (χ0) is 9.84. The van der Waals surface area contributed by atoms with E-state index in [1.807, 2.05) is 24.5 Å². The Kier molecular flexibility index (Phi) is 3.51. The molecular weight excluding hydrogens is 180 g/mol. The summed E-state index contributed by atoms with van der Waals surface area (Å²) >= 11 is 4.83. The minimum absolute atomic E-state index is 0.374. The predicted octanol–water partition coefficient (Wildman–Crippen LogP) is 1.40. The zero-order valence-corrected chi connectivity index (χ0v) is 9.08. The van der Waals surface area contributed by atoms with Crippen LogP contribution in [0.1, 0.15) is 18.7 Å². The van der Waals surface area contributed by atoms with Gasteiger partial charge in [-0.2, -0.15) is 4.57 Å². The fourth-order valence-corrected chi connectivity index (χ4v) is 1.20. The number of hydrogen-bond donors (Lipinski definition) is 0. The van der Waals surface area contributed by atoms with Gasteiger partial charge in [-0.3, -0.25) is 4.90 Å². The molecule has 0 radical (unpaired) electrons. The van der Waals surface area contributed by atoms with E-state index < -0.39 is 0 Å². The van der Waals surface area contributed by atoms with Crippen LogP contribution >= 0.6 is 12.2 Å². The van der Waals surface area contributed by atoms with Gasteiger partial charge in [0.2, 0.25) is 6.17 Å². The Balaban J connectivity index is 2.85. The van der Waals surface area contributed by atoms with Gasteiger partial charge in [0.25, 0.3) is 0 Å². The molecule has 1 atom stereocenters. The molecule has 0 aliphatic heterocycles. The summed E-state index contributed by atoms with van der Waals surface area (Å²) < 4.78 is 2.14. The lowest BCUT2D eigenvalue weighted by Gasteiger charge is -2.14. The molecule has 0 aliphatic rings. The number of aromatic nitrogens is 1. The van der Waals surface area contributed by atoms with Crippen LogP contribution in [0.15, 0.2) is 24.5 Å². The second-order valence-electron chi connectivity index (χ2n) is 3.29. The Morgan fingerprint density at radius 2 is 1.92 bits per heavy atom. The monoisotopic (exact) mass is 195 g/mol. The van der Waals surface area contributed by atoms with Crippen molar-refractivity contribution in [1.82, 2.24) is 4.90 Å². The molecule has 13 heavy (non-hydrogen) atoms. The summed E-state index contributed by atoms with van der Waals surface area (Å²) in [6.07, 6.45) is 4.46. The Morgan fingerprint density at radius 3 is 2.31 bits per heavy atom. The van der Waals surface area contributed by atoms with Crippen molar-refractivity contribution in [1.29, 1.82) is 0 Å². The van der Waals surface area contributed by atoms with Crippen molar-refractivity contribution in [3.63, 3.8) is 0 Å². The molecule has 0 saturated heterocycles. The third-order valence-electron chi connectivity index (χ3n) is 2.19. The van der Waals surface area contributed by atoms with E-state index in [9.17, 15) is 0 Å². The Labute approximate surface area is 84.8 Å². The molecular formula is C10H15N2S+. The molecule has 2 nitrogen and oxygen atoms in total. The first-order valence-electron chi connectivity index (χ1n) is 4.27. The molecule has 1 unspecified atom stereocenters. The van der Waals surface area contributed by atoms with Gasteiger partial charge >= 0.3 is 0 Å². The molecule has 0 spiro atoms. The van der Waals surface area contributed by atoms with Gasteiger partial charge in [-0.25, -0.2) is 0 Å². The predicted molar refractivity (Wildman–Crippen MR) is 57.8 cm³/mol. The van der Waals surface area contributed by atoms with Crippen molar-refractivity contribution in [2.24, 2.45) is 0 Å². The first-order chi connectivity index (χ1) is 6.15. The van der Waals surface area contributed by atoms with E-state index in [0.717, 1.165) is 5.56 Å². The van der Waals surface area contributed by atoms with Gasteiger partial charge in [0, 0.05) is 24.4 Å². The highest BCUT2D eigenvalue weighted by Gasteiger charge is 2.12. The van der Waals surface area contributed by atoms with E-state index in [-0.39, 0.29) is 0 Å². The molecule has 1 aromatic rings. The smallest absolute Gasteiger partial charge is 0.211 e. The highest BCUT2D eigenvalue weighted by Crippen LogP contribution is 1.98. The molecule has 1 rings (SSSR count). The molecule has 0 amide bonds. The fourth-order valence-electron chi connectivity index (χ4n) is 1.04. The average Bonchev–Trinajstić information content (AvgIpc) is 2.17. The lowest BCUT2D eigenvalue weighted by atomic mass is 10.3. The highest BCUT2D eigenvalue weighted by molar-refractivity contribution is 7.79. The van der Waals surface area contributed by atoms with Crippen LogP contribution in [0, 0.1) is 0 Å². The molecule has 1 heterocycles. The molecule has 0 bridgehead atoms. The zero-order valence-electron chi connectivity index (χ0n) is 8.27. The molecule has 3 heteroatoms. The summed E-state index contributed by atoms with van der Waals surface area (Å²) in [6, 6.07) is 4.04. The summed E-state index contributed by atoms with van der Waals surface area (Å²) in [5, 5.41) is 1.69. The Hall–Kier alpha value is -0.800. The average molecular weight is 195 g/mol. The number of pyridine rings is 1. The van der Waals surface area contributed by atoms with Gasteiger partial charge in [-0.05, 0) is 19.7 Å². The van der Waals surface area contributed by atoms with Crippen LogP contribution < -0.4 is 4.57 Å². The second-order valence-corrected chi connectivity index (χ2v) is 3.53. The van der Waals surface area contributed by atoms with Crippen LogP contribution in [0.2, 0.25) is 0 Å². The van der Waals surface area contributed by atoms with Crippen molar-refractivity contribution < 1.29 is 4.57 Å². The van der Waals surface area contributed by atoms with Crippen LogP contribution in [0.4, 0.5) is 0 Å². The van der Waals surface area contributed by atoms with Crippen molar-refractivity contribution in [3.05, 3.63) is 30.1 Å². The van der Waals surface area contributed by atoms with Crippen molar-refractivity contribution in [2.45, 2.75) is 13.1 Å². The topological polar surface area (TPSA) is 7.12 Å². The van der Waals surface area contributed by atoms with Crippen LogP contribution in [0.3, 0.4) is 0 Å². The van der Waals surface area contributed by atoms with E-state index in [2.05, 4.69) is 30.5 Å². The quantitative estimate of drug-likeness (QED) is 0.532. The first kappa shape index (κ1) is 10.3. The minimum atomic E-state index is 0.374. The lowest BCUT2D eigenvalue weighted by Crippen LogP contribution is -2.44. The van der Waals surface area contributed by atoms with E-state index in [1.165, 1.54) is 0 Å². The molecule has 0 saturated carbocycles. The molecule has 0 aliphatic carbocycles. The third kappa shape index (κ3) is 2.57. The summed E-state index contributed by atoms with van der Waals surface area (Å²) in [5.74, 6) is 0. The maximum Gasteiger partial charge on any atom is 0.211 e. The van der Waals surface area contributed by atoms with Crippen molar-refractivity contribution in [2.75, 3.05) is 14.1 Å². The van der Waals surface area contributed by atoms with Gasteiger partial charge in [-0.15, -0.1) is 0 Å². The first-order valence-corrected chi connectivity index (χ1v) is 4.74. The maximum atomic E-state index is 4.83. The summed E-state index contributed by atoms with van der Waals surface area (Å²) in [5.41, 5.74) is 1.08. The number of hydrogen-bond acceptors (Lipinski definition) is 2. The van der Waals surface area contributed by atoms with E-state index in [4.69, 9.17) is 12.2 Å². The van der Waals surface area contributed by atoms with E-state index in [0.29, 0.717) is 6.17 Å². The van der Waals surface area contributed by atoms with Crippen LogP contribution in [-0.2, 0) is 0 Å². The third-order valence-corrected chi connectivity index (χ3v) is 2.47. The van der Waals surface area contributed by atoms with Crippen molar-refractivity contribution in [3.8, 4) is 0 Å². The van der Waals surface area contributed by atoms with E-state index in [1.54, 1.807) is 5.37 Å². The minimum Gasteiger partial charge on any atom is -0.252 e. The Bertz CT molecular complexity index is 279. The summed E-state index contributed by atoms with van der Waals surface area (Å²) in [6.45, 7) is 2.15. The molecule has 0 N–H and O–H groups in total. The highest BCUT2D eigenvalue weighted by atomic mass is 32.1. The number of thiocarbonyl (C=S) groups is 1. The van der Waals surface area contributed by atoms with Crippen LogP contribution in [0.25, 0.3) is 0 Å². The standard InChI is InChI=1S/C10H15N2S/c1-9(11(2)3)12-6-4-10(8-13)5-7-12/h4-9H,1-3H3/q+1. The van der Waals surface area contributed by atoms with Gasteiger partial charge < -0.3 is 0 Å². The SMILES string of the molecule is CC(N(C)C)[n+]1ccc(C=S)cc1. The normalized spacial score (nSPS) is 12.9. The van der Waals surface area contributed by atoms with Gasteiger partial charge in [0.1, 0.15) is 0 Å². The lowest BCUT2D eigenvalue weighted by molar-refractivity contribution is -0.738. The van der Waals surface area contributed by atoms with Gasteiger partial charge in [-0.1, -0.05) is 12.2 Å². The Morgan fingerprint density at radius 1 is 1.38 bits per heavy atom. The summed E-state index contributed by atoms with van der Waals surface area (Å²) in [7, 11) is 4.12. The van der Waals surface area contributed by atoms with Crippen molar-refractivity contribution >= 4 is 17.6 Å². The molecule has 1 aromatic heterocycles. The number of rotatable bonds is 3. The molecule has 0 fully saturated rings. The molecule has 0 aromatic carbocycles. The van der Waals surface area contributed by atoms with Crippen LogP contribution in [0.5, 0.6) is 0 Å². The molecule has 70 valence electrons. The van der Waals surface area contributed by atoms with Crippen LogP contribution in [-0.4, -0.2) is 24.4 Å². The van der Waals surface area contributed by atoms with Gasteiger partial charge in [0.05, 0.1) is 0 Å². The van der Waals surface area contributed by atoms with E-state index >= 15 is 0 Å². The summed E-state index contributed by atoms with van der Waals surface area (Å²) in [4.78, 5) is 2.15. The number of nitrogens with zero attached hydrogens (tertiary/aromatic N) is 2. The maximum absolute atomic E-state index is 4.83. The second kappa shape index (κ2) is 4.44.